The quantitative estimate of drug-likeness (QED) is 0.930. The van der Waals surface area contributed by atoms with Crippen LogP contribution in [0.3, 0.4) is 0 Å². The molecule has 0 unspecified atom stereocenters. The molecule has 5 heteroatoms. The zero-order chi connectivity index (χ0) is 13.9. The van der Waals surface area contributed by atoms with Gasteiger partial charge in [-0.25, -0.2) is 0 Å². The summed E-state index contributed by atoms with van der Waals surface area (Å²) in [5.74, 6) is 1.09. The van der Waals surface area contributed by atoms with Gasteiger partial charge >= 0.3 is 0 Å². The van der Waals surface area contributed by atoms with Gasteiger partial charge in [-0.15, -0.1) is 0 Å². The van der Waals surface area contributed by atoms with Crippen LogP contribution in [-0.4, -0.2) is 21.5 Å². The third-order valence-electron chi connectivity index (χ3n) is 2.42. The Hall–Kier alpha value is -1.68. The van der Waals surface area contributed by atoms with Crippen molar-refractivity contribution in [1.29, 1.82) is 0 Å². The number of hydrogen-bond donors (Lipinski definition) is 1. The minimum absolute atomic E-state index is 0.145. The maximum atomic E-state index is 5.95. The van der Waals surface area contributed by atoms with Gasteiger partial charge in [0.05, 0.1) is 0 Å². The summed E-state index contributed by atoms with van der Waals surface area (Å²) in [4.78, 5) is 12.6. The Morgan fingerprint density at radius 1 is 1.05 bits per heavy atom. The third-order valence-corrected chi connectivity index (χ3v) is 2.59. The van der Waals surface area contributed by atoms with E-state index < -0.39 is 0 Å². The zero-order valence-electron chi connectivity index (χ0n) is 11.3. The van der Waals surface area contributed by atoms with Crippen LogP contribution in [0, 0.1) is 5.41 Å². The first-order chi connectivity index (χ1) is 8.94. The van der Waals surface area contributed by atoms with Crippen LogP contribution >= 0.6 is 11.6 Å². The molecule has 0 amide bonds. The van der Waals surface area contributed by atoms with E-state index in [9.17, 15) is 0 Å². The van der Waals surface area contributed by atoms with E-state index >= 15 is 0 Å². The number of benzene rings is 1. The number of rotatable bonds is 3. The molecule has 1 aromatic heterocycles. The molecule has 100 valence electrons. The van der Waals surface area contributed by atoms with Crippen molar-refractivity contribution in [1.82, 2.24) is 15.0 Å². The molecule has 0 aliphatic carbocycles. The van der Waals surface area contributed by atoms with Gasteiger partial charge in [0, 0.05) is 12.1 Å². The highest BCUT2D eigenvalue weighted by Gasteiger charge is 2.12. The summed E-state index contributed by atoms with van der Waals surface area (Å²) in [5, 5.41) is 3.39. The van der Waals surface area contributed by atoms with E-state index in [0.717, 1.165) is 12.1 Å². The lowest BCUT2D eigenvalue weighted by molar-refractivity contribution is 0.441. The average Bonchev–Trinajstić information content (AvgIpc) is 2.36. The lowest BCUT2D eigenvalue weighted by Gasteiger charge is -2.18. The fourth-order valence-corrected chi connectivity index (χ4v) is 1.65. The van der Waals surface area contributed by atoms with E-state index in [4.69, 9.17) is 11.6 Å². The molecule has 2 rings (SSSR count). The van der Waals surface area contributed by atoms with E-state index in [2.05, 4.69) is 41.0 Å². The minimum Gasteiger partial charge on any atom is -0.354 e. The Morgan fingerprint density at radius 2 is 1.74 bits per heavy atom. The Kier molecular flexibility index (Phi) is 4.00. The zero-order valence-corrected chi connectivity index (χ0v) is 12.1. The smallest absolute Gasteiger partial charge is 0.227 e. The minimum atomic E-state index is 0.145. The normalized spacial score (nSPS) is 11.4. The molecule has 1 N–H and O–H groups in total. The van der Waals surface area contributed by atoms with Crippen LogP contribution in [0.5, 0.6) is 0 Å². The van der Waals surface area contributed by atoms with Crippen LogP contribution in [0.15, 0.2) is 30.3 Å². The largest absolute Gasteiger partial charge is 0.354 e. The van der Waals surface area contributed by atoms with Crippen molar-refractivity contribution in [2.45, 2.75) is 20.8 Å². The van der Waals surface area contributed by atoms with E-state index in [1.807, 2.05) is 30.3 Å². The second-order valence-electron chi connectivity index (χ2n) is 5.53. The molecule has 0 aliphatic heterocycles. The van der Waals surface area contributed by atoms with Crippen LogP contribution < -0.4 is 5.32 Å². The molecule has 19 heavy (non-hydrogen) atoms. The van der Waals surface area contributed by atoms with Gasteiger partial charge in [0.25, 0.3) is 0 Å². The van der Waals surface area contributed by atoms with Crippen molar-refractivity contribution in [2.75, 3.05) is 11.9 Å². The standard InChI is InChI=1S/C14H17ClN4/c1-14(2,3)9-16-13-18-11(17-12(15)19-13)10-7-5-4-6-8-10/h4-8H,9H2,1-3H3,(H,16,17,18,19). The Bertz CT molecular complexity index is 549. The molecule has 0 aliphatic rings. The number of anilines is 1. The maximum Gasteiger partial charge on any atom is 0.227 e. The first kappa shape index (κ1) is 13.7. The van der Waals surface area contributed by atoms with Crippen molar-refractivity contribution >= 4 is 17.5 Å². The Morgan fingerprint density at radius 3 is 2.37 bits per heavy atom. The summed E-state index contributed by atoms with van der Waals surface area (Å²) in [6.45, 7) is 7.18. The number of halogens is 1. The highest BCUT2D eigenvalue weighted by Crippen LogP contribution is 2.19. The number of hydrogen-bond acceptors (Lipinski definition) is 4. The van der Waals surface area contributed by atoms with Gasteiger partial charge in [-0.2, -0.15) is 15.0 Å². The molecule has 1 aromatic carbocycles. The van der Waals surface area contributed by atoms with Crippen molar-refractivity contribution < 1.29 is 0 Å². The summed E-state index contributed by atoms with van der Waals surface area (Å²) in [7, 11) is 0. The molecule has 0 bridgehead atoms. The van der Waals surface area contributed by atoms with Gasteiger partial charge in [0.15, 0.2) is 5.82 Å². The second kappa shape index (κ2) is 5.53. The topological polar surface area (TPSA) is 50.7 Å². The highest BCUT2D eigenvalue weighted by molar-refractivity contribution is 6.28. The molecule has 2 aromatic rings. The summed E-state index contributed by atoms with van der Waals surface area (Å²) in [5.41, 5.74) is 1.07. The number of aromatic nitrogens is 3. The number of nitrogens with one attached hydrogen (secondary N) is 1. The van der Waals surface area contributed by atoms with Crippen molar-refractivity contribution in [2.24, 2.45) is 5.41 Å². The molecule has 0 atom stereocenters. The second-order valence-corrected chi connectivity index (χ2v) is 5.87. The Labute approximate surface area is 118 Å². The predicted octanol–water partition coefficient (Wildman–Crippen LogP) is 3.65. The first-order valence-corrected chi connectivity index (χ1v) is 6.53. The summed E-state index contributed by atoms with van der Waals surface area (Å²) >= 11 is 5.95. The molecule has 1 heterocycles. The molecule has 4 nitrogen and oxygen atoms in total. The van der Waals surface area contributed by atoms with Crippen LogP contribution in [-0.2, 0) is 0 Å². The van der Waals surface area contributed by atoms with E-state index in [0.29, 0.717) is 11.8 Å². The molecule has 0 radical (unpaired) electrons. The van der Waals surface area contributed by atoms with E-state index in [-0.39, 0.29) is 10.7 Å². The van der Waals surface area contributed by atoms with Crippen LogP contribution in [0.4, 0.5) is 5.95 Å². The van der Waals surface area contributed by atoms with Gasteiger partial charge in [-0.3, -0.25) is 0 Å². The van der Waals surface area contributed by atoms with Crippen LogP contribution in [0.1, 0.15) is 20.8 Å². The number of nitrogens with zero attached hydrogens (tertiary/aromatic N) is 3. The predicted molar refractivity (Wildman–Crippen MR) is 78.2 cm³/mol. The third kappa shape index (κ3) is 4.17. The first-order valence-electron chi connectivity index (χ1n) is 6.15. The van der Waals surface area contributed by atoms with Crippen LogP contribution in [0.2, 0.25) is 5.28 Å². The van der Waals surface area contributed by atoms with Crippen LogP contribution in [0.25, 0.3) is 11.4 Å². The van der Waals surface area contributed by atoms with Crippen molar-refractivity contribution in [3.05, 3.63) is 35.6 Å². The fourth-order valence-electron chi connectivity index (χ4n) is 1.49. The Balaban J connectivity index is 2.25. The van der Waals surface area contributed by atoms with Gasteiger partial charge in [-0.05, 0) is 17.0 Å². The van der Waals surface area contributed by atoms with Gasteiger partial charge in [0.2, 0.25) is 11.2 Å². The lowest BCUT2D eigenvalue weighted by atomic mass is 9.97. The highest BCUT2D eigenvalue weighted by atomic mass is 35.5. The van der Waals surface area contributed by atoms with E-state index in [1.54, 1.807) is 0 Å². The fraction of sp³-hybridized carbons (Fsp3) is 0.357. The maximum absolute atomic E-state index is 5.95. The van der Waals surface area contributed by atoms with Crippen molar-refractivity contribution in [3.63, 3.8) is 0 Å². The SMILES string of the molecule is CC(C)(C)CNc1nc(Cl)nc(-c2ccccc2)n1. The summed E-state index contributed by atoms with van der Waals surface area (Å²) in [6, 6.07) is 9.72. The molecule has 0 saturated heterocycles. The van der Waals surface area contributed by atoms with Crippen molar-refractivity contribution in [3.8, 4) is 11.4 Å². The summed E-state index contributed by atoms with van der Waals surface area (Å²) < 4.78 is 0. The molecular formula is C14H17ClN4. The molecule has 0 saturated carbocycles. The molecular weight excluding hydrogens is 260 g/mol. The van der Waals surface area contributed by atoms with Gasteiger partial charge in [0.1, 0.15) is 0 Å². The van der Waals surface area contributed by atoms with Gasteiger partial charge < -0.3 is 5.32 Å². The monoisotopic (exact) mass is 276 g/mol. The molecule has 0 spiro atoms. The lowest BCUT2D eigenvalue weighted by Crippen LogP contribution is -2.20. The van der Waals surface area contributed by atoms with Gasteiger partial charge in [-0.1, -0.05) is 51.1 Å². The summed E-state index contributed by atoms with van der Waals surface area (Å²) in [6.07, 6.45) is 0. The van der Waals surface area contributed by atoms with E-state index in [1.165, 1.54) is 0 Å². The molecule has 0 fully saturated rings. The average molecular weight is 277 g/mol.